The Hall–Kier alpha value is -3.78. The summed E-state index contributed by atoms with van der Waals surface area (Å²) in [5, 5.41) is 10.8. The van der Waals surface area contributed by atoms with E-state index in [4.69, 9.17) is 9.15 Å². The number of anilines is 2. The topological polar surface area (TPSA) is 104 Å². The summed E-state index contributed by atoms with van der Waals surface area (Å²) in [5.41, 5.74) is 5.43. The van der Waals surface area contributed by atoms with E-state index < -0.39 is 0 Å². The van der Waals surface area contributed by atoms with Gasteiger partial charge in [0.2, 0.25) is 0 Å². The molecule has 1 amide bonds. The first-order chi connectivity index (χ1) is 15.8. The van der Waals surface area contributed by atoms with Crippen molar-refractivity contribution in [2.45, 2.75) is 18.9 Å². The SMILES string of the molecule is O=C1NCCc2[nH]c(-c3ccncc3OC[C@H]3CCN3)c(Nc3cccc4ccoc34)c21. The number of aromatic amines is 1. The monoisotopic (exact) mass is 429 g/mol. The van der Waals surface area contributed by atoms with Crippen molar-refractivity contribution in [2.75, 3.05) is 25.0 Å². The van der Waals surface area contributed by atoms with Crippen LogP contribution in [0.4, 0.5) is 11.4 Å². The number of amides is 1. The lowest BCUT2D eigenvalue weighted by atomic mass is 10.0. The summed E-state index contributed by atoms with van der Waals surface area (Å²) in [6.07, 6.45) is 6.96. The van der Waals surface area contributed by atoms with Gasteiger partial charge in [0.1, 0.15) is 12.4 Å². The number of carbonyl (C=O) groups is 1. The number of H-pyrrole nitrogens is 1. The summed E-state index contributed by atoms with van der Waals surface area (Å²) < 4.78 is 11.8. The van der Waals surface area contributed by atoms with Crippen LogP contribution in [0.15, 0.2) is 53.4 Å². The van der Waals surface area contributed by atoms with Crippen LogP contribution in [0.25, 0.3) is 22.2 Å². The van der Waals surface area contributed by atoms with Gasteiger partial charge in [-0.15, -0.1) is 0 Å². The molecule has 1 fully saturated rings. The zero-order valence-electron chi connectivity index (χ0n) is 17.4. The summed E-state index contributed by atoms with van der Waals surface area (Å²) in [7, 11) is 0. The standard InChI is InChI=1S/C24H23N5O3/c30-24-20-17(6-10-27-24)28-21(16-5-8-25-12-19(16)32-13-15-4-9-26-15)22(20)29-18-3-1-2-14-7-11-31-23(14)18/h1-3,5,7-8,11-12,15,26,28-29H,4,6,9-10,13H2,(H,27,30)/t15-/m1/s1. The van der Waals surface area contributed by atoms with E-state index in [0.717, 1.165) is 53.0 Å². The van der Waals surface area contributed by atoms with Crippen molar-refractivity contribution in [3.05, 3.63) is 60.2 Å². The molecule has 0 saturated carbocycles. The molecule has 1 saturated heterocycles. The van der Waals surface area contributed by atoms with E-state index in [1.807, 2.05) is 30.3 Å². The van der Waals surface area contributed by atoms with Crippen molar-refractivity contribution in [2.24, 2.45) is 0 Å². The minimum atomic E-state index is -0.0990. The third-order valence-electron chi connectivity index (χ3n) is 6.12. The van der Waals surface area contributed by atoms with Gasteiger partial charge < -0.3 is 30.1 Å². The highest BCUT2D eigenvalue weighted by molar-refractivity contribution is 6.07. The Kier molecular flexibility index (Phi) is 4.57. The summed E-state index contributed by atoms with van der Waals surface area (Å²) in [6.45, 7) is 2.21. The molecule has 8 nitrogen and oxygen atoms in total. The molecule has 2 aliphatic rings. The van der Waals surface area contributed by atoms with Crippen molar-refractivity contribution in [1.29, 1.82) is 0 Å². The van der Waals surface area contributed by atoms with Crippen LogP contribution in [-0.4, -0.2) is 41.6 Å². The number of nitrogens with one attached hydrogen (secondary N) is 4. The first-order valence-corrected chi connectivity index (χ1v) is 10.8. The Balaban J connectivity index is 1.46. The molecule has 5 heterocycles. The molecule has 0 aliphatic carbocycles. The fraction of sp³-hybridized carbons (Fsp3) is 0.250. The summed E-state index contributed by atoms with van der Waals surface area (Å²) in [6, 6.07) is 10.1. The molecule has 0 bridgehead atoms. The molecule has 0 radical (unpaired) electrons. The average molecular weight is 429 g/mol. The van der Waals surface area contributed by atoms with Crippen LogP contribution in [0.3, 0.4) is 0 Å². The first-order valence-electron chi connectivity index (χ1n) is 10.8. The van der Waals surface area contributed by atoms with Gasteiger partial charge in [-0.2, -0.15) is 0 Å². The third kappa shape index (κ3) is 3.20. The van der Waals surface area contributed by atoms with Crippen LogP contribution >= 0.6 is 0 Å². The van der Waals surface area contributed by atoms with E-state index in [0.29, 0.717) is 36.2 Å². The predicted octanol–water partition coefficient (Wildman–Crippen LogP) is 3.59. The molecule has 1 atom stereocenters. The Morgan fingerprint density at radius 1 is 1.22 bits per heavy atom. The van der Waals surface area contributed by atoms with E-state index in [1.54, 1.807) is 18.7 Å². The van der Waals surface area contributed by atoms with E-state index in [1.165, 1.54) is 0 Å². The lowest BCUT2D eigenvalue weighted by molar-refractivity contribution is 0.0947. The maximum Gasteiger partial charge on any atom is 0.255 e. The molecule has 0 unspecified atom stereocenters. The largest absolute Gasteiger partial charge is 0.490 e. The molecule has 1 aromatic carbocycles. The minimum Gasteiger partial charge on any atom is -0.490 e. The predicted molar refractivity (Wildman–Crippen MR) is 121 cm³/mol. The second kappa shape index (κ2) is 7.72. The summed E-state index contributed by atoms with van der Waals surface area (Å²) in [5.74, 6) is 0.581. The van der Waals surface area contributed by atoms with Crippen molar-refractivity contribution in [3.8, 4) is 17.0 Å². The number of hydrogen-bond donors (Lipinski definition) is 4. The van der Waals surface area contributed by atoms with Crippen molar-refractivity contribution in [1.82, 2.24) is 20.6 Å². The van der Waals surface area contributed by atoms with Gasteiger partial charge >= 0.3 is 0 Å². The Morgan fingerprint density at radius 2 is 2.16 bits per heavy atom. The Bertz CT molecular complexity index is 1300. The molecule has 6 rings (SSSR count). The number of pyridine rings is 1. The number of benzene rings is 1. The molecule has 4 aromatic rings. The normalized spacial score (nSPS) is 17.5. The number of hydrogen-bond acceptors (Lipinski definition) is 6. The lowest BCUT2D eigenvalue weighted by Crippen LogP contribution is -2.46. The zero-order chi connectivity index (χ0) is 21.5. The van der Waals surface area contributed by atoms with Gasteiger partial charge in [-0.3, -0.25) is 9.78 Å². The number of carbonyl (C=O) groups excluding carboxylic acids is 1. The van der Waals surface area contributed by atoms with Gasteiger partial charge in [0.05, 0.1) is 35.1 Å². The van der Waals surface area contributed by atoms with Gasteiger partial charge in [-0.05, 0) is 31.2 Å². The highest BCUT2D eigenvalue weighted by Gasteiger charge is 2.29. The molecular weight excluding hydrogens is 406 g/mol. The average Bonchev–Trinajstić information content (AvgIpc) is 3.39. The third-order valence-corrected chi connectivity index (χ3v) is 6.12. The van der Waals surface area contributed by atoms with Crippen molar-refractivity contribution < 1.29 is 13.9 Å². The van der Waals surface area contributed by atoms with Gasteiger partial charge in [0, 0.05) is 41.8 Å². The lowest BCUT2D eigenvalue weighted by Gasteiger charge is -2.27. The fourth-order valence-electron chi connectivity index (χ4n) is 4.32. The quantitative estimate of drug-likeness (QED) is 0.373. The summed E-state index contributed by atoms with van der Waals surface area (Å²) >= 11 is 0. The second-order valence-corrected chi connectivity index (χ2v) is 8.13. The molecule has 0 spiro atoms. The highest BCUT2D eigenvalue weighted by Crippen LogP contribution is 2.41. The van der Waals surface area contributed by atoms with E-state index in [9.17, 15) is 4.79 Å². The van der Waals surface area contributed by atoms with Gasteiger partial charge in [-0.25, -0.2) is 0 Å². The van der Waals surface area contributed by atoms with Crippen LogP contribution in [0.5, 0.6) is 5.75 Å². The number of rotatable bonds is 6. The second-order valence-electron chi connectivity index (χ2n) is 8.13. The number of fused-ring (bicyclic) bond motifs is 2. The Morgan fingerprint density at radius 3 is 3.03 bits per heavy atom. The van der Waals surface area contributed by atoms with Gasteiger partial charge in [0.15, 0.2) is 5.58 Å². The number of ether oxygens (including phenoxy) is 1. The maximum absolute atomic E-state index is 12.9. The van der Waals surface area contributed by atoms with Crippen LogP contribution in [0.1, 0.15) is 22.5 Å². The molecule has 4 N–H and O–H groups in total. The highest BCUT2D eigenvalue weighted by atomic mass is 16.5. The van der Waals surface area contributed by atoms with Gasteiger partial charge in [0.25, 0.3) is 5.91 Å². The number of nitrogens with zero attached hydrogens (tertiary/aromatic N) is 1. The minimum absolute atomic E-state index is 0.0990. The van der Waals surface area contributed by atoms with E-state index >= 15 is 0 Å². The smallest absolute Gasteiger partial charge is 0.255 e. The number of aromatic nitrogens is 2. The van der Waals surface area contributed by atoms with Crippen LogP contribution in [0, 0.1) is 0 Å². The van der Waals surface area contributed by atoms with Crippen LogP contribution < -0.4 is 20.7 Å². The number of para-hydroxylation sites is 1. The van der Waals surface area contributed by atoms with E-state index in [2.05, 4.69) is 25.9 Å². The number of furan rings is 1. The van der Waals surface area contributed by atoms with E-state index in [-0.39, 0.29) is 5.91 Å². The molecule has 8 heteroatoms. The maximum atomic E-state index is 12.9. The van der Waals surface area contributed by atoms with Crippen LogP contribution in [-0.2, 0) is 6.42 Å². The molecule has 3 aromatic heterocycles. The van der Waals surface area contributed by atoms with Crippen molar-refractivity contribution >= 4 is 28.3 Å². The zero-order valence-corrected chi connectivity index (χ0v) is 17.4. The molecular formula is C24H23N5O3. The molecule has 32 heavy (non-hydrogen) atoms. The first kappa shape index (κ1) is 18.9. The van der Waals surface area contributed by atoms with Gasteiger partial charge in [-0.1, -0.05) is 12.1 Å². The Labute approximate surface area is 184 Å². The van der Waals surface area contributed by atoms with Crippen LogP contribution in [0.2, 0.25) is 0 Å². The van der Waals surface area contributed by atoms with Crippen molar-refractivity contribution in [3.63, 3.8) is 0 Å². The molecule has 2 aliphatic heterocycles. The summed E-state index contributed by atoms with van der Waals surface area (Å²) in [4.78, 5) is 20.6. The molecule has 162 valence electrons. The fourth-order valence-corrected chi connectivity index (χ4v) is 4.32.